The maximum absolute atomic E-state index is 7.28. The average Bonchev–Trinajstić information content (AvgIpc) is 1.99. The Bertz CT molecular complexity index is 148. The van der Waals surface area contributed by atoms with Crippen molar-refractivity contribution in [1.82, 2.24) is 0 Å². The fourth-order valence-electron chi connectivity index (χ4n) is 0.733. The van der Waals surface area contributed by atoms with E-state index in [1.165, 1.54) is 5.57 Å². The van der Waals surface area contributed by atoms with E-state index in [9.17, 15) is 0 Å². The smallest absolute Gasteiger partial charge is 0.0533 e. The van der Waals surface area contributed by atoms with Gasteiger partial charge in [-0.15, -0.1) is 0 Å². The van der Waals surface area contributed by atoms with Gasteiger partial charge in [0.05, 0.1) is 5.71 Å². The second kappa shape index (κ2) is 4.98. The second-order valence-corrected chi connectivity index (χ2v) is 2.17. The zero-order valence-corrected chi connectivity index (χ0v) is 6.78. The summed E-state index contributed by atoms with van der Waals surface area (Å²) in [5.74, 6) is 0. The summed E-state index contributed by atoms with van der Waals surface area (Å²) in [4.78, 5) is 0. The molecule has 0 unspecified atom stereocenters. The molecule has 0 aliphatic rings. The highest BCUT2D eigenvalue weighted by Gasteiger charge is 1.89. The molecule has 0 amide bonds. The third-order valence-electron chi connectivity index (χ3n) is 1.49. The fraction of sp³-hybridized carbons (Fsp3) is 0.444. The lowest BCUT2D eigenvalue weighted by molar-refractivity contribution is 0.980. The first-order valence-corrected chi connectivity index (χ1v) is 3.65. The van der Waals surface area contributed by atoms with Gasteiger partial charge in [-0.1, -0.05) is 26.0 Å². The molecule has 10 heavy (non-hydrogen) atoms. The van der Waals surface area contributed by atoms with Crippen LogP contribution >= 0.6 is 0 Å². The van der Waals surface area contributed by atoms with Crippen LogP contribution < -0.4 is 0 Å². The predicted molar refractivity (Wildman–Crippen MR) is 46.6 cm³/mol. The van der Waals surface area contributed by atoms with Gasteiger partial charge in [0, 0.05) is 0 Å². The number of hydrogen-bond donors (Lipinski definition) is 1. The third-order valence-corrected chi connectivity index (χ3v) is 1.49. The monoisotopic (exact) mass is 137 g/mol. The highest BCUT2D eigenvalue weighted by atomic mass is 14.4. The molecule has 0 aliphatic heterocycles. The lowest BCUT2D eigenvalue weighted by atomic mass is 10.1. The van der Waals surface area contributed by atoms with Crippen LogP contribution in [0.15, 0.2) is 24.3 Å². The van der Waals surface area contributed by atoms with E-state index in [4.69, 9.17) is 5.41 Å². The van der Waals surface area contributed by atoms with Crippen LogP contribution in [-0.2, 0) is 0 Å². The number of allylic oxidation sites excluding steroid dienone is 3. The number of nitrogens with one attached hydrogen (secondary N) is 1. The summed E-state index contributed by atoms with van der Waals surface area (Å²) in [6.07, 6.45) is 5.51. The second-order valence-electron chi connectivity index (χ2n) is 2.17. The molecule has 0 atom stereocenters. The van der Waals surface area contributed by atoms with E-state index < -0.39 is 0 Å². The molecule has 0 saturated carbocycles. The SMILES string of the molecule is C=CC(=N)C=C(CC)CC. The highest BCUT2D eigenvalue weighted by molar-refractivity contribution is 6.01. The Balaban J connectivity index is 4.09. The maximum atomic E-state index is 7.28. The molecular formula is C9H15N. The van der Waals surface area contributed by atoms with E-state index in [2.05, 4.69) is 20.4 Å². The van der Waals surface area contributed by atoms with Crippen molar-refractivity contribution in [3.8, 4) is 0 Å². The summed E-state index contributed by atoms with van der Waals surface area (Å²) in [5, 5.41) is 7.28. The molecule has 0 aromatic heterocycles. The molecule has 0 fully saturated rings. The van der Waals surface area contributed by atoms with Crippen molar-refractivity contribution >= 4 is 5.71 Å². The third kappa shape index (κ3) is 3.23. The molecule has 0 aliphatic carbocycles. The Morgan fingerprint density at radius 2 is 1.90 bits per heavy atom. The van der Waals surface area contributed by atoms with Crippen LogP contribution in [0.2, 0.25) is 0 Å². The van der Waals surface area contributed by atoms with Crippen LogP contribution in [0.4, 0.5) is 0 Å². The minimum absolute atomic E-state index is 0.513. The Kier molecular flexibility index (Phi) is 4.55. The Hall–Kier alpha value is -0.850. The van der Waals surface area contributed by atoms with Gasteiger partial charge in [0.25, 0.3) is 0 Å². The molecule has 0 rings (SSSR count). The van der Waals surface area contributed by atoms with E-state index in [-0.39, 0.29) is 0 Å². The predicted octanol–water partition coefficient (Wildman–Crippen LogP) is 2.94. The van der Waals surface area contributed by atoms with Crippen LogP contribution in [0.25, 0.3) is 0 Å². The zero-order chi connectivity index (χ0) is 7.98. The number of rotatable bonds is 4. The fourth-order valence-corrected chi connectivity index (χ4v) is 0.733. The normalized spacial score (nSPS) is 8.60. The van der Waals surface area contributed by atoms with Crippen LogP contribution in [0.1, 0.15) is 26.7 Å². The van der Waals surface area contributed by atoms with Crippen molar-refractivity contribution in [2.45, 2.75) is 26.7 Å². The molecule has 1 N–H and O–H groups in total. The van der Waals surface area contributed by atoms with Gasteiger partial charge in [0.15, 0.2) is 0 Å². The summed E-state index contributed by atoms with van der Waals surface area (Å²) in [5.41, 5.74) is 1.82. The van der Waals surface area contributed by atoms with Gasteiger partial charge in [-0.3, -0.25) is 0 Å². The van der Waals surface area contributed by atoms with Gasteiger partial charge in [-0.05, 0) is 25.0 Å². The van der Waals surface area contributed by atoms with Crippen molar-refractivity contribution in [3.63, 3.8) is 0 Å². The van der Waals surface area contributed by atoms with Gasteiger partial charge in [0.1, 0.15) is 0 Å². The lowest BCUT2D eigenvalue weighted by Crippen LogP contribution is -1.86. The summed E-state index contributed by atoms with van der Waals surface area (Å²) >= 11 is 0. The van der Waals surface area contributed by atoms with Crippen molar-refractivity contribution in [1.29, 1.82) is 5.41 Å². The van der Waals surface area contributed by atoms with E-state index in [0.29, 0.717) is 5.71 Å². The Morgan fingerprint density at radius 3 is 2.20 bits per heavy atom. The van der Waals surface area contributed by atoms with E-state index in [0.717, 1.165) is 12.8 Å². The molecule has 1 nitrogen and oxygen atoms in total. The Morgan fingerprint density at radius 1 is 1.40 bits per heavy atom. The highest BCUT2D eigenvalue weighted by Crippen LogP contribution is 2.04. The van der Waals surface area contributed by atoms with Crippen molar-refractivity contribution in [3.05, 3.63) is 24.3 Å². The molecule has 1 heteroatoms. The van der Waals surface area contributed by atoms with E-state index in [1.54, 1.807) is 6.08 Å². The summed E-state index contributed by atoms with van der Waals surface area (Å²) in [7, 11) is 0. The summed E-state index contributed by atoms with van der Waals surface area (Å²) in [6, 6.07) is 0. The first-order chi connectivity index (χ1) is 4.74. The van der Waals surface area contributed by atoms with E-state index in [1.807, 2.05) is 6.08 Å². The number of hydrogen-bond acceptors (Lipinski definition) is 1. The van der Waals surface area contributed by atoms with Gasteiger partial charge in [-0.25, -0.2) is 0 Å². The molecule has 0 aromatic carbocycles. The molecule has 0 saturated heterocycles. The average molecular weight is 137 g/mol. The minimum Gasteiger partial charge on any atom is -0.301 e. The van der Waals surface area contributed by atoms with Gasteiger partial charge in [-0.2, -0.15) is 0 Å². The van der Waals surface area contributed by atoms with Gasteiger partial charge < -0.3 is 5.41 Å². The first-order valence-electron chi connectivity index (χ1n) is 3.65. The van der Waals surface area contributed by atoms with Crippen LogP contribution in [-0.4, -0.2) is 5.71 Å². The topological polar surface area (TPSA) is 23.9 Å². The van der Waals surface area contributed by atoms with Crippen molar-refractivity contribution in [2.24, 2.45) is 0 Å². The lowest BCUT2D eigenvalue weighted by Gasteiger charge is -1.97. The van der Waals surface area contributed by atoms with Crippen LogP contribution in [0, 0.1) is 5.41 Å². The molecule has 0 aromatic rings. The van der Waals surface area contributed by atoms with E-state index >= 15 is 0 Å². The Labute approximate surface area is 63.0 Å². The van der Waals surface area contributed by atoms with Crippen LogP contribution in [0.3, 0.4) is 0 Å². The molecule has 0 bridgehead atoms. The zero-order valence-electron chi connectivity index (χ0n) is 6.78. The van der Waals surface area contributed by atoms with Crippen LogP contribution in [0.5, 0.6) is 0 Å². The molecule has 0 spiro atoms. The summed E-state index contributed by atoms with van der Waals surface area (Å²) < 4.78 is 0. The molecular weight excluding hydrogens is 122 g/mol. The van der Waals surface area contributed by atoms with Crippen molar-refractivity contribution in [2.75, 3.05) is 0 Å². The summed E-state index contributed by atoms with van der Waals surface area (Å²) in [6.45, 7) is 7.72. The molecule has 0 heterocycles. The van der Waals surface area contributed by atoms with Crippen molar-refractivity contribution < 1.29 is 0 Å². The minimum atomic E-state index is 0.513. The molecule has 56 valence electrons. The standard InChI is InChI=1S/C9H15N/c1-4-8(5-2)7-9(10)6-3/h6-7,10H,3-5H2,1-2H3. The van der Waals surface area contributed by atoms with Gasteiger partial charge in [0.2, 0.25) is 0 Å². The molecule has 0 radical (unpaired) electrons. The van der Waals surface area contributed by atoms with Gasteiger partial charge >= 0.3 is 0 Å². The largest absolute Gasteiger partial charge is 0.301 e. The maximum Gasteiger partial charge on any atom is 0.0533 e. The quantitative estimate of drug-likeness (QED) is 0.576. The first kappa shape index (κ1) is 9.15.